The normalized spacial score (nSPS) is 13.8. The number of halogens is 5. The van der Waals surface area contributed by atoms with Gasteiger partial charge >= 0.3 is 12.1 Å². The lowest BCUT2D eigenvalue weighted by Crippen LogP contribution is -2.44. The Kier molecular flexibility index (Phi) is 7.27. The number of nitrogens with one attached hydrogen (secondary N) is 1. The van der Waals surface area contributed by atoms with Crippen molar-refractivity contribution in [2.24, 2.45) is 0 Å². The molecule has 156 valence electrons. The molecule has 0 spiro atoms. The maximum Gasteiger partial charge on any atom is 0.421 e. The van der Waals surface area contributed by atoms with Crippen LogP contribution in [0.3, 0.4) is 0 Å². The minimum atomic E-state index is -5.08. The van der Waals surface area contributed by atoms with E-state index in [1.165, 1.54) is 24.3 Å². The zero-order chi connectivity index (χ0) is 22.0. The minimum Gasteiger partial charge on any atom is -0.481 e. The van der Waals surface area contributed by atoms with Crippen LogP contribution < -0.4 is 0 Å². The summed E-state index contributed by atoms with van der Waals surface area (Å²) in [6, 6.07) is 7.60. The Morgan fingerprint density at radius 3 is 2.21 bits per heavy atom. The van der Waals surface area contributed by atoms with Crippen LogP contribution in [0.25, 0.3) is 0 Å². The molecule has 2 aromatic carbocycles. The van der Waals surface area contributed by atoms with E-state index in [2.05, 4.69) is 0 Å². The summed E-state index contributed by atoms with van der Waals surface area (Å²) < 4.78 is 41.3. The number of hydrogen-bond donors (Lipinski definition) is 3. The average Bonchev–Trinajstić information content (AvgIpc) is 2.58. The van der Waals surface area contributed by atoms with Crippen LogP contribution >= 0.6 is 35.0 Å². The molecule has 0 heterocycles. The molecule has 29 heavy (non-hydrogen) atoms. The monoisotopic (exact) mass is 465 g/mol. The zero-order valence-electron chi connectivity index (χ0n) is 15.0. The fourth-order valence-corrected chi connectivity index (χ4v) is 3.91. The van der Waals surface area contributed by atoms with Crippen LogP contribution in [0.15, 0.2) is 41.3 Å². The Balaban J connectivity index is 2.36. The van der Waals surface area contributed by atoms with Crippen molar-refractivity contribution in [3.63, 3.8) is 0 Å². The number of carboxylic acid groups (broad SMARTS) is 1. The van der Waals surface area contributed by atoms with E-state index in [-0.39, 0.29) is 21.4 Å². The van der Waals surface area contributed by atoms with Gasteiger partial charge in [-0.3, -0.25) is 4.79 Å². The van der Waals surface area contributed by atoms with E-state index in [9.17, 15) is 23.1 Å². The van der Waals surface area contributed by atoms with Gasteiger partial charge in [0, 0.05) is 27.1 Å². The van der Waals surface area contributed by atoms with Gasteiger partial charge in [-0.05, 0) is 53.9 Å². The predicted octanol–water partition coefficient (Wildman–Crippen LogP) is 5.69. The maximum atomic E-state index is 13.8. The van der Waals surface area contributed by atoms with Crippen molar-refractivity contribution in [3.05, 3.63) is 63.1 Å². The Morgan fingerprint density at radius 2 is 1.72 bits per heavy atom. The Bertz CT molecular complexity index is 933. The third-order valence-electron chi connectivity index (χ3n) is 4.12. The second-order valence-electron chi connectivity index (χ2n) is 6.33. The van der Waals surface area contributed by atoms with E-state index < -0.39 is 35.4 Å². The van der Waals surface area contributed by atoms with Crippen molar-refractivity contribution in [2.75, 3.05) is 5.75 Å². The van der Waals surface area contributed by atoms with Gasteiger partial charge in [0.05, 0.1) is 5.75 Å². The van der Waals surface area contributed by atoms with Crippen molar-refractivity contribution in [2.45, 2.75) is 30.0 Å². The number of carboxylic acids is 1. The summed E-state index contributed by atoms with van der Waals surface area (Å²) in [4.78, 5) is 11.3. The molecule has 2 aromatic rings. The van der Waals surface area contributed by atoms with Crippen molar-refractivity contribution in [1.29, 1.82) is 5.41 Å². The number of alkyl halides is 3. The van der Waals surface area contributed by atoms with Crippen LogP contribution in [0.4, 0.5) is 13.2 Å². The van der Waals surface area contributed by atoms with E-state index in [1.54, 1.807) is 6.92 Å². The van der Waals surface area contributed by atoms with Gasteiger partial charge in [0.1, 0.15) is 0 Å². The lowest BCUT2D eigenvalue weighted by atomic mass is 9.85. The summed E-state index contributed by atoms with van der Waals surface area (Å²) in [5, 5.41) is 27.3. The molecule has 0 radical (unpaired) electrons. The highest BCUT2D eigenvalue weighted by atomic mass is 35.5. The number of benzene rings is 2. The SMILES string of the molecule is Cc1cc(C(=N)C[C@](O)(c2cc(Cl)cc(Cl)c2)C(F)(F)F)ccc1SCC(=O)O. The van der Waals surface area contributed by atoms with E-state index in [0.29, 0.717) is 10.5 Å². The van der Waals surface area contributed by atoms with Crippen LogP contribution in [0.5, 0.6) is 0 Å². The molecule has 0 amide bonds. The first-order valence-electron chi connectivity index (χ1n) is 8.12. The molecule has 10 heteroatoms. The van der Waals surface area contributed by atoms with Crippen molar-refractivity contribution < 1.29 is 28.2 Å². The molecule has 1 atom stereocenters. The van der Waals surface area contributed by atoms with Crippen molar-refractivity contribution in [3.8, 4) is 0 Å². The Hall–Kier alpha value is -1.74. The first-order valence-corrected chi connectivity index (χ1v) is 9.86. The van der Waals surface area contributed by atoms with Gasteiger partial charge in [0.2, 0.25) is 0 Å². The quantitative estimate of drug-likeness (QED) is 0.362. The average molecular weight is 466 g/mol. The number of aliphatic hydroxyl groups is 1. The number of rotatable bonds is 7. The highest BCUT2D eigenvalue weighted by molar-refractivity contribution is 8.00. The molecule has 0 aliphatic carbocycles. The van der Waals surface area contributed by atoms with Crippen LogP contribution in [0, 0.1) is 12.3 Å². The fraction of sp³-hybridized carbons (Fsp3) is 0.263. The molecule has 4 nitrogen and oxygen atoms in total. The summed E-state index contributed by atoms with van der Waals surface area (Å²) in [6.45, 7) is 1.66. The standard InChI is InChI=1S/C19H16Cl2F3NO3S/c1-10-4-11(2-3-16(10)29-9-17(26)27)15(25)8-18(28,19(22,23)24)12-5-13(20)7-14(21)6-12/h2-7,25,28H,8-9H2,1H3,(H,26,27)/t18-/m0/s1. The van der Waals surface area contributed by atoms with Crippen molar-refractivity contribution >= 4 is 46.6 Å². The topological polar surface area (TPSA) is 81.4 Å². The van der Waals surface area contributed by atoms with E-state index in [4.69, 9.17) is 33.7 Å². The van der Waals surface area contributed by atoms with Gasteiger partial charge in [0.15, 0.2) is 5.60 Å². The third kappa shape index (κ3) is 5.66. The minimum absolute atomic E-state index is 0.0719. The number of aryl methyl sites for hydroxylation is 1. The lowest BCUT2D eigenvalue weighted by Gasteiger charge is -2.31. The van der Waals surface area contributed by atoms with Gasteiger partial charge in [-0.1, -0.05) is 29.3 Å². The molecular weight excluding hydrogens is 450 g/mol. The van der Waals surface area contributed by atoms with Crippen LogP contribution in [-0.2, 0) is 10.4 Å². The first-order chi connectivity index (χ1) is 13.3. The van der Waals surface area contributed by atoms with Gasteiger partial charge < -0.3 is 15.6 Å². The van der Waals surface area contributed by atoms with Crippen LogP contribution in [0.1, 0.15) is 23.1 Å². The molecule has 0 fully saturated rings. The zero-order valence-corrected chi connectivity index (χ0v) is 17.3. The summed E-state index contributed by atoms with van der Waals surface area (Å²) in [5.74, 6) is -1.16. The Labute approximate surface area is 179 Å². The van der Waals surface area contributed by atoms with Gasteiger partial charge in [-0.15, -0.1) is 11.8 Å². The molecule has 2 rings (SSSR count). The third-order valence-corrected chi connectivity index (χ3v) is 5.71. The van der Waals surface area contributed by atoms with E-state index in [0.717, 1.165) is 23.9 Å². The fourth-order valence-electron chi connectivity index (χ4n) is 2.66. The molecule has 0 bridgehead atoms. The summed E-state index contributed by atoms with van der Waals surface area (Å²) in [5.41, 5.74) is -3.57. The second-order valence-corrected chi connectivity index (χ2v) is 8.22. The van der Waals surface area contributed by atoms with Gasteiger partial charge in [-0.2, -0.15) is 13.2 Å². The van der Waals surface area contributed by atoms with E-state index >= 15 is 0 Å². The number of thioether (sulfide) groups is 1. The van der Waals surface area contributed by atoms with Gasteiger partial charge in [0.25, 0.3) is 0 Å². The first kappa shape index (κ1) is 23.5. The molecule has 0 saturated heterocycles. The number of carbonyl (C=O) groups is 1. The molecular formula is C19H16Cl2F3NO3S. The maximum absolute atomic E-state index is 13.8. The molecule has 3 N–H and O–H groups in total. The molecule has 0 aliphatic rings. The summed E-state index contributed by atoms with van der Waals surface area (Å²) in [6.07, 6.45) is -6.13. The lowest BCUT2D eigenvalue weighted by molar-refractivity contribution is -0.263. The highest BCUT2D eigenvalue weighted by Gasteiger charge is 2.55. The Morgan fingerprint density at radius 1 is 1.14 bits per heavy atom. The number of hydrogen-bond acceptors (Lipinski definition) is 4. The second kappa shape index (κ2) is 8.95. The molecule has 0 unspecified atom stereocenters. The van der Waals surface area contributed by atoms with E-state index in [1.807, 2.05) is 0 Å². The predicted molar refractivity (Wildman–Crippen MR) is 107 cm³/mol. The largest absolute Gasteiger partial charge is 0.481 e. The highest BCUT2D eigenvalue weighted by Crippen LogP contribution is 2.44. The molecule has 0 saturated carbocycles. The number of aliphatic carboxylic acids is 1. The van der Waals surface area contributed by atoms with Crippen LogP contribution in [-0.4, -0.2) is 33.8 Å². The smallest absolute Gasteiger partial charge is 0.421 e. The molecule has 0 aromatic heterocycles. The van der Waals surface area contributed by atoms with Gasteiger partial charge in [-0.25, -0.2) is 0 Å². The van der Waals surface area contributed by atoms with Crippen LogP contribution in [0.2, 0.25) is 10.0 Å². The summed E-state index contributed by atoms with van der Waals surface area (Å²) >= 11 is 12.6. The molecule has 0 aliphatic heterocycles. The van der Waals surface area contributed by atoms with Crippen molar-refractivity contribution in [1.82, 2.24) is 0 Å². The summed E-state index contributed by atoms with van der Waals surface area (Å²) in [7, 11) is 0.